The number of nitrogens with zero attached hydrogens (tertiary/aromatic N) is 1. The number of esters is 2. The largest absolute Gasteiger partial charge is 0.466 e. The van der Waals surface area contributed by atoms with Gasteiger partial charge in [-0.05, 0) is 13.8 Å². The van der Waals surface area contributed by atoms with Crippen LogP contribution in [0.4, 0.5) is 0 Å². The van der Waals surface area contributed by atoms with Crippen LogP contribution in [0.25, 0.3) is 0 Å². The summed E-state index contributed by atoms with van der Waals surface area (Å²) in [6.07, 6.45) is 0.585. The van der Waals surface area contributed by atoms with Crippen LogP contribution in [0, 0.1) is 0 Å². The summed E-state index contributed by atoms with van der Waals surface area (Å²) < 4.78 is 9.36. The monoisotopic (exact) mass is 231 g/mol. The Morgan fingerprint density at radius 3 is 2.19 bits per heavy atom. The molecule has 0 heterocycles. The van der Waals surface area contributed by atoms with E-state index in [2.05, 4.69) is 4.74 Å². The maximum Gasteiger partial charge on any atom is 0.325 e. The molecule has 0 atom stereocenters. The summed E-state index contributed by atoms with van der Waals surface area (Å²) in [7, 11) is 0. The second-order valence-corrected chi connectivity index (χ2v) is 2.94. The first kappa shape index (κ1) is 14.4. The van der Waals surface area contributed by atoms with Gasteiger partial charge >= 0.3 is 11.9 Å². The van der Waals surface area contributed by atoms with Crippen LogP contribution in [0.15, 0.2) is 0 Å². The minimum Gasteiger partial charge on any atom is -0.466 e. The first-order valence-electron chi connectivity index (χ1n) is 5.14. The van der Waals surface area contributed by atoms with E-state index in [-0.39, 0.29) is 26.1 Å². The molecule has 0 aliphatic heterocycles. The molecule has 0 bridgehead atoms. The van der Waals surface area contributed by atoms with Crippen LogP contribution in [0.5, 0.6) is 0 Å². The van der Waals surface area contributed by atoms with Crippen molar-refractivity contribution < 1.29 is 23.9 Å². The Bertz CT molecular complexity index is 241. The zero-order chi connectivity index (χ0) is 12.4. The molecule has 0 rings (SSSR count). The number of carbonyl (C=O) groups is 3. The lowest BCUT2D eigenvalue weighted by atomic mass is 10.4. The van der Waals surface area contributed by atoms with Gasteiger partial charge in [0.05, 0.1) is 19.6 Å². The van der Waals surface area contributed by atoms with E-state index in [4.69, 9.17) is 4.74 Å². The van der Waals surface area contributed by atoms with Crippen molar-refractivity contribution in [1.29, 1.82) is 0 Å². The minimum atomic E-state index is -0.488. The van der Waals surface area contributed by atoms with E-state index >= 15 is 0 Å². The SMILES string of the molecule is CCOC(=O)CCN(C=O)CC(=O)OCC. The van der Waals surface area contributed by atoms with Crippen LogP contribution in [-0.4, -0.2) is 49.6 Å². The minimum absolute atomic E-state index is 0.0754. The number of ether oxygens (including phenoxy) is 2. The molecule has 0 saturated heterocycles. The van der Waals surface area contributed by atoms with Gasteiger partial charge in [0.2, 0.25) is 6.41 Å². The van der Waals surface area contributed by atoms with Gasteiger partial charge < -0.3 is 14.4 Å². The molecule has 0 radical (unpaired) electrons. The van der Waals surface area contributed by atoms with Crippen molar-refractivity contribution in [2.45, 2.75) is 20.3 Å². The number of amides is 1. The average molecular weight is 231 g/mol. The Morgan fingerprint density at radius 2 is 1.69 bits per heavy atom. The van der Waals surface area contributed by atoms with E-state index in [0.717, 1.165) is 0 Å². The first-order valence-corrected chi connectivity index (χ1v) is 5.14. The third-order valence-electron chi connectivity index (χ3n) is 1.70. The smallest absolute Gasteiger partial charge is 0.325 e. The Kier molecular flexibility index (Phi) is 7.83. The van der Waals surface area contributed by atoms with Gasteiger partial charge in [-0.1, -0.05) is 0 Å². The standard InChI is InChI=1S/C10H17NO5/c1-3-15-9(13)5-6-11(8-12)7-10(14)16-4-2/h8H,3-7H2,1-2H3. The van der Waals surface area contributed by atoms with Crippen molar-refractivity contribution >= 4 is 18.3 Å². The lowest BCUT2D eigenvalue weighted by Crippen LogP contribution is -2.32. The highest BCUT2D eigenvalue weighted by Crippen LogP contribution is 1.92. The summed E-state index contributed by atoms with van der Waals surface area (Å²) >= 11 is 0. The highest BCUT2D eigenvalue weighted by atomic mass is 16.5. The van der Waals surface area contributed by atoms with Crippen molar-refractivity contribution in [2.75, 3.05) is 26.3 Å². The summed E-state index contributed by atoms with van der Waals surface area (Å²) in [4.78, 5) is 33.8. The van der Waals surface area contributed by atoms with Gasteiger partial charge in [0.1, 0.15) is 6.54 Å². The Morgan fingerprint density at radius 1 is 1.12 bits per heavy atom. The quantitative estimate of drug-likeness (QED) is 0.433. The fourth-order valence-corrected chi connectivity index (χ4v) is 1.01. The molecule has 6 nitrogen and oxygen atoms in total. The van der Waals surface area contributed by atoms with Crippen LogP contribution in [0.2, 0.25) is 0 Å². The fourth-order valence-electron chi connectivity index (χ4n) is 1.01. The molecule has 0 fully saturated rings. The fraction of sp³-hybridized carbons (Fsp3) is 0.700. The Labute approximate surface area is 94.5 Å². The first-order chi connectivity index (χ1) is 7.63. The van der Waals surface area contributed by atoms with Gasteiger partial charge in [-0.2, -0.15) is 0 Å². The average Bonchev–Trinajstić information content (AvgIpc) is 2.25. The zero-order valence-corrected chi connectivity index (χ0v) is 9.60. The highest BCUT2D eigenvalue weighted by Gasteiger charge is 2.11. The molecule has 16 heavy (non-hydrogen) atoms. The number of hydrogen-bond acceptors (Lipinski definition) is 5. The molecule has 0 N–H and O–H groups in total. The molecule has 0 aliphatic carbocycles. The molecule has 0 aromatic rings. The van der Waals surface area contributed by atoms with Crippen molar-refractivity contribution in [3.63, 3.8) is 0 Å². The predicted octanol–water partition coefficient (Wildman–Crippen LogP) is -0.0389. The predicted molar refractivity (Wildman–Crippen MR) is 55.5 cm³/mol. The highest BCUT2D eigenvalue weighted by molar-refractivity contribution is 5.74. The van der Waals surface area contributed by atoms with E-state index in [1.165, 1.54) is 4.90 Å². The molecule has 0 aromatic heterocycles. The maximum absolute atomic E-state index is 11.0. The summed E-state index contributed by atoms with van der Waals surface area (Å²) in [6, 6.07) is 0. The molecule has 1 amide bonds. The van der Waals surface area contributed by atoms with Gasteiger partial charge in [0.25, 0.3) is 0 Å². The van der Waals surface area contributed by atoms with Crippen molar-refractivity contribution in [1.82, 2.24) is 4.90 Å². The van der Waals surface area contributed by atoms with Crippen molar-refractivity contribution in [3.8, 4) is 0 Å². The molecule has 0 spiro atoms. The number of rotatable bonds is 8. The third-order valence-corrected chi connectivity index (χ3v) is 1.70. The van der Waals surface area contributed by atoms with Gasteiger partial charge in [0, 0.05) is 6.54 Å². The second-order valence-electron chi connectivity index (χ2n) is 2.94. The van der Waals surface area contributed by atoms with Gasteiger partial charge in [0.15, 0.2) is 0 Å². The van der Waals surface area contributed by atoms with Crippen LogP contribution < -0.4 is 0 Å². The van der Waals surface area contributed by atoms with Crippen molar-refractivity contribution in [2.24, 2.45) is 0 Å². The zero-order valence-electron chi connectivity index (χ0n) is 9.60. The summed E-state index contributed by atoms with van der Waals surface area (Å²) in [5.74, 6) is -0.878. The van der Waals surface area contributed by atoms with Crippen molar-refractivity contribution in [3.05, 3.63) is 0 Å². The molecule has 0 aromatic carbocycles. The molecular formula is C10H17NO5. The maximum atomic E-state index is 11.0. The van der Waals surface area contributed by atoms with E-state index in [1.54, 1.807) is 13.8 Å². The van der Waals surface area contributed by atoms with Gasteiger partial charge in [-0.15, -0.1) is 0 Å². The number of carbonyl (C=O) groups excluding carboxylic acids is 3. The Balaban J connectivity index is 3.87. The Hall–Kier alpha value is -1.59. The molecule has 0 saturated carbocycles. The van der Waals surface area contributed by atoms with Crippen LogP contribution >= 0.6 is 0 Å². The molecule has 6 heteroatoms. The van der Waals surface area contributed by atoms with Crippen LogP contribution in [-0.2, 0) is 23.9 Å². The van der Waals surface area contributed by atoms with E-state index < -0.39 is 11.9 Å². The third kappa shape index (κ3) is 6.80. The second kappa shape index (κ2) is 8.70. The lowest BCUT2D eigenvalue weighted by Gasteiger charge is -2.15. The molecule has 92 valence electrons. The van der Waals surface area contributed by atoms with Gasteiger partial charge in [-0.25, -0.2) is 0 Å². The van der Waals surface area contributed by atoms with E-state index in [9.17, 15) is 14.4 Å². The lowest BCUT2D eigenvalue weighted by molar-refractivity contribution is -0.148. The van der Waals surface area contributed by atoms with E-state index in [0.29, 0.717) is 13.0 Å². The van der Waals surface area contributed by atoms with E-state index in [1.807, 2.05) is 0 Å². The summed E-state index contributed by atoms with van der Waals surface area (Å²) in [5.41, 5.74) is 0. The molecular weight excluding hydrogens is 214 g/mol. The topological polar surface area (TPSA) is 72.9 Å². The summed E-state index contributed by atoms with van der Waals surface area (Å²) in [6.45, 7) is 3.97. The van der Waals surface area contributed by atoms with Crippen LogP contribution in [0.3, 0.4) is 0 Å². The molecule has 0 aliphatic rings. The van der Waals surface area contributed by atoms with Crippen LogP contribution in [0.1, 0.15) is 20.3 Å². The summed E-state index contributed by atoms with van der Waals surface area (Å²) in [5, 5.41) is 0. The number of hydrogen-bond donors (Lipinski definition) is 0. The molecule has 0 unspecified atom stereocenters. The normalized spacial score (nSPS) is 9.38. The van der Waals surface area contributed by atoms with Gasteiger partial charge in [-0.3, -0.25) is 14.4 Å².